The molecule has 0 amide bonds. The maximum atomic E-state index is 9.28. The summed E-state index contributed by atoms with van der Waals surface area (Å²) in [4.78, 5) is 18.6. The molecule has 0 saturated heterocycles. The molecule has 118 valence electrons. The van der Waals surface area contributed by atoms with Crippen LogP contribution < -0.4 is 10.2 Å². The van der Waals surface area contributed by atoms with Gasteiger partial charge in [0.1, 0.15) is 0 Å². The summed E-state index contributed by atoms with van der Waals surface area (Å²) < 4.78 is 0. The minimum atomic E-state index is -1.63. The topological polar surface area (TPSA) is 118 Å². The van der Waals surface area contributed by atoms with Crippen molar-refractivity contribution in [2.45, 2.75) is 58.0 Å². The second-order valence-electron chi connectivity index (χ2n) is 5.14. The third-order valence-corrected chi connectivity index (χ3v) is 2.72. The quantitative estimate of drug-likeness (QED) is 0.541. The van der Waals surface area contributed by atoms with E-state index in [9.17, 15) is 19.8 Å². The van der Waals surface area contributed by atoms with Gasteiger partial charge in [-0.05, 0) is 0 Å². The van der Waals surface area contributed by atoms with Crippen LogP contribution in [0.15, 0.2) is 0 Å². The molecule has 2 atom stereocenters. The van der Waals surface area contributed by atoms with E-state index in [-0.39, 0.29) is 27.1 Å². The Kier molecular flexibility index (Phi) is 13.4. The van der Waals surface area contributed by atoms with Crippen LogP contribution in [0.3, 0.4) is 0 Å². The van der Waals surface area contributed by atoms with Crippen molar-refractivity contribution in [1.82, 2.24) is 0 Å². The summed E-state index contributed by atoms with van der Waals surface area (Å²) in [6, 6.07) is 0.443. The smallest absolute Gasteiger partial charge is 0.676 e. The van der Waals surface area contributed by atoms with Crippen LogP contribution in [0.2, 0.25) is 0 Å². The summed E-state index contributed by atoms with van der Waals surface area (Å²) in [6.07, 6.45) is 3.71. The average molecular weight is 465 g/mol. The van der Waals surface area contributed by atoms with Gasteiger partial charge in [0, 0.05) is 18.4 Å². The molecule has 0 bridgehead atoms. The molecule has 7 heteroatoms. The molecule has 0 spiro atoms. The molecule has 0 heterocycles. The van der Waals surface area contributed by atoms with E-state index in [1.54, 1.807) is 0 Å². The van der Waals surface area contributed by atoms with E-state index >= 15 is 0 Å². The van der Waals surface area contributed by atoms with Crippen LogP contribution >= 0.6 is 0 Å². The van der Waals surface area contributed by atoms with Gasteiger partial charge < -0.3 is 30.9 Å². The molecule has 0 aromatic rings. The van der Waals surface area contributed by atoms with Gasteiger partial charge in [-0.1, -0.05) is 45.4 Å². The Bertz CT molecular complexity index is 276. The fourth-order valence-corrected chi connectivity index (χ4v) is 1.79. The molecule has 0 aromatic carbocycles. The van der Waals surface area contributed by atoms with Crippen molar-refractivity contribution in [2.24, 2.45) is 5.92 Å². The summed E-state index contributed by atoms with van der Waals surface area (Å²) in [6.45, 7) is 5.32. The summed E-state index contributed by atoms with van der Waals surface area (Å²) in [7, 11) is 0. The van der Waals surface area contributed by atoms with Gasteiger partial charge in [0.05, 0.1) is 0 Å². The van der Waals surface area contributed by atoms with E-state index in [1.807, 2.05) is 0 Å². The van der Waals surface area contributed by atoms with E-state index in [0.29, 0.717) is 12.0 Å². The van der Waals surface area contributed by atoms with E-state index in [2.05, 4.69) is 19.2 Å². The molecular weight excluding hydrogens is 443 g/mol. The van der Waals surface area contributed by atoms with E-state index in [1.165, 1.54) is 12.8 Å². The zero-order chi connectivity index (χ0) is 14.8. The maximum absolute atomic E-state index is 9.28. The Hall–Kier alpha value is -0.452. The Labute approximate surface area is 134 Å². The van der Waals surface area contributed by atoms with Gasteiger partial charge in [0.15, 0.2) is 0 Å². The van der Waals surface area contributed by atoms with Crippen LogP contribution in [0, 0.1) is 5.92 Å². The SMILES string of the molecule is CC(C)C[N-][C@@H]1CCCC[C@H]1[NH-].O=C([O-])CC(=O)[O-].[Pt+4]. The molecule has 1 N–H and O–H groups in total. The van der Waals surface area contributed by atoms with E-state index < -0.39 is 18.4 Å². The summed E-state index contributed by atoms with van der Waals surface area (Å²) in [5.74, 6) is -2.60. The van der Waals surface area contributed by atoms with Crippen molar-refractivity contribution >= 4 is 11.9 Å². The van der Waals surface area contributed by atoms with E-state index in [0.717, 1.165) is 19.4 Å². The fourth-order valence-electron chi connectivity index (χ4n) is 1.79. The van der Waals surface area contributed by atoms with Crippen LogP contribution in [0.25, 0.3) is 11.1 Å². The summed E-state index contributed by atoms with van der Waals surface area (Å²) in [5, 5.41) is 23.1. The van der Waals surface area contributed by atoms with Crippen molar-refractivity contribution in [2.75, 3.05) is 6.54 Å². The van der Waals surface area contributed by atoms with Crippen molar-refractivity contribution in [3.63, 3.8) is 0 Å². The minimum Gasteiger partial charge on any atom is -0.676 e. The molecule has 0 aliphatic heterocycles. The van der Waals surface area contributed by atoms with Gasteiger partial charge in [0.25, 0.3) is 0 Å². The first-order chi connectivity index (χ1) is 8.82. The zero-order valence-electron chi connectivity index (χ0n) is 11.9. The molecule has 1 aliphatic carbocycles. The molecule has 1 fully saturated rings. The number of nitrogens with zero attached hydrogens (tertiary/aromatic N) is 1. The van der Waals surface area contributed by atoms with Gasteiger partial charge >= 0.3 is 21.1 Å². The van der Waals surface area contributed by atoms with Gasteiger partial charge in [-0.15, -0.1) is 6.54 Å². The molecule has 6 nitrogen and oxygen atoms in total. The predicted molar refractivity (Wildman–Crippen MR) is 68.1 cm³/mol. The first-order valence-electron chi connectivity index (χ1n) is 6.60. The molecule has 20 heavy (non-hydrogen) atoms. The van der Waals surface area contributed by atoms with Crippen LogP contribution in [0.5, 0.6) is 0 Å². The monoisotopic (exact) mass is 465 g/mol. The number of rotatable bonds is 5. The Morgan fingerprint density at radius 3 is 2.05 bits per heavy atom. The third-order valence-electron chi connectivity index (χ3n) is 2.72. The fraction of sp³-hybridized carbons (Fsp3) is 0.846. The first kappa shape index (κ1) is 21.8. The van der Waals surface area contributed by atoms with Crippen molar-refractivity contribution in [3.8, 4) is 0 Å². The first-order valence-corrected chi connectivity index (χ1v) is 6.60. The van der Waals surface area contributed by atoms with Crippen molar-refractivity contribution in [1.29, 1.82) is 0 Å². The number of carbonyl (C=O) groups is 2. The number of nitrogens with one attached hydrogen (secondary N) is 1. The number of carboxylic acids is 2. The number of carbonyl (C=O) groups excluding carboxylic acids is 2. The van der Waals surface area contributed by atoms with Gasteiger partial charge in [-0.3, -0.25) is 0 Å². The van der Waals surface area contributed by atoms with Gasteiger partial charge in [0.2, 0.25) is 0 Å². The van der Waals surface area contributed by atoms with Crippen molar-refractivity contribution < 1.29 is 40.9 Å². The Balaban J connectivity index is 0. The standard InChI is InChI=1S/C10H20N2.C3H4O4.Pt/c1-8(2)7-12-10-6-4-3-5-9(10)11;4-2(5)1-3(6)7;/h8-11H,3-7H2,1-2H3;1H2,(H,4,5)(H,6,7);/q-2;;+4/p-2/t9-,10-;;/m1../s1. The number of carboxylic acid groups (broad SMARTS) is 2. The van der Waals surface area contributed by atoms with Crippen molar-refractivity contribution in [3.05, 3.63) is 11.1 Å². The Morgan fingerprint density at radius 1 is 1.20 bits per heavy atom. The molecular formula is C13H22N2O4Pt. The molecule has 1 aliphatic rings. The molecule has 0 unspecified atom stereocenters. The molecule has 1 rings (SSSR count). The van der Waals surface area contributed by atoms with Gasteiger partial charge in [-0.25, -0.2) is 0 Å². The summed E-state index contributed by atoms with van der Waals surface area (Å²) >= 11 is 0. The van der Waals surface area contributed by atoms with Crippen LogP contribution in [-0.4, -0.2) is 30.6 Å². The molecule has 0 radical (unpaired) electrons. The zero-order valence-corrected chi connectivity index (χ0v) is 14.1. The third kappa shape index (κ3) is 12.6. The summed E-state index contributed by atoms with van der Waals surface area (Å²) in [5.41, 5.74) is 7.78. The van der Waals surface area contributed by atoms with Crippen LogP contribution in [0.4, 0.5) is 0 Å². The van der Waals surface area contributed by atoms with Crippen LogP contribution in [-0.2, 0) is 30.7 Å². The Morgan fingerprint density at radius 2 is 1.70 bits per heavy atom. The molecule has 1 saturated carbocycles. The number of aliphatic carboxylic acids is 2. The van der Waals surface area contributed by atoms with Gasteiger partial charge in [-0.2, -0.15) is 12.1 Å². The molecule has 0 aromatic heterocycles. The largest absolute Gasteiger partial charge is 4.00 e. The second-order valence-corrected chi connectivity index (χ2v) is 5.14. The predicted octanol–water partition coefficient (Wildman–Crippen LogP) is 0.253. The van der Waals surface area contributed by atoms with Crippen LogP contribution in [0.1, 0.15) is 46.0 Å². The second kappa shape index (κ2) is 12.3. The average Bonchev–Trinajstić information content (AvgIpc) is 2.26. The normalized spacial score (nSPS) is 21.4. The minimum absolute atomic E-state index is 0. The number of hydrogen-bond acceptors (Lipinski definition) is 4. The number of hydrogen-bond donors (Lipinski definition) is 0. The van der Waals surface area contributed by atoms with E-state index in [4.69, 9.17) is 5.73 Å². The maximum Gasteiger partial charge on any atom is 4.00 e.